The van der Waals surface area contributed by atoms with Gasteiger partial charge in [0.15, 0.2) is 0 Å². The molecule has 0 amide bonds. The van der Waals surface area contributed by atoms with E-state index in [2.05, 4.69) is 86.5 Å². The number of fused-ring (bicyclic) bond motifs is 5. The van der Waals surface area contributed by atoms with Crippen LogP contribution in [-0.4, -0.2) is 9.55 Å². The molecule has 0 radical (unpaired) electrons. The van der Waals surface area contributed by atoms with Crippen LogP contribution in [-0.2, 0) is 0 Å². The number of halogens is 1. The Bertz CT molecular complexity index is 1070. The van der Waals surface area contributed by atoms with Gasteiger partial charge in [-0.2, -0.15) is 0 Å². The third-order valence-electron chi connectivity index (χ3n) is 4.51. The first-order valence-electron chi connectivity index (χ1n) is 7.90. The van der Waals surface area contributed by atoms with E-state index in [-0.39, 0.29) is 6.17 Å². The third-order valence-corrected chi connectivity index (χ3v) is 5.24. The molecule has 4 heteroatoms. The molecule has 1 aliphatic heterocycles. The first-order valence-corrected chi connectivity index (χ1v) is 8.69. The molecule has 1 N–H and O–H groups in total. The number of rotatable bonds is 1. The molecule has 1 aromatic heterocycles. The summed E-state index contributed by atoms with van der Waals surface area (Å²) in [6.07, 6.45) is -0.00197. The van der Waals surface area contributed by atoms with Crippen LogP contribution in [0.25, 0.3) is 22.4 Å². The predicted octanol–water partition coefficient (Wildman–Crippen LogP) is 5.44. The van der Waals surface area contributed by atoms with Gasteiger partial charge in [0.25, 0.3) is 0 Å². The third kappa shape index (κ3) is 1.93. The summed E-state index contributed by atoms with van der Waals surface area (Å²) < 4.78 is 3.38. The van der Waals surface area contributed by atoms with Crippen LogP contribution in [0.1, 0.15) is 11.7 Å². The Balaban J connectivity index is 1.86. The van der Waals surface area contributed by atoms with Crippen molar-refractivity contribution in [3.05, 3.63) is 82.8 Å². The highest BCUT2D eigenvalue weighted by Gasteiger charge is 2.28. The highest BCUT2D eigenvalue weighted by atomic mass is 79.9. The summed E-state index contributed by atoms with van der Waals surface area (Å²) in [7, 11) is 0. The number of benzene rings is 3. The van der Waals surface area contributed by atoms with Crippen LogP contribution in [0.3, 0.4) is 0 Å². The zero-order chi connectivity index (χ0) is 16.1. The minimum absolute atomic E-state index is 0.00197. The van der Waals surface area contributed by atoms with Crippen LogP contribution < -0.4 is 5.32 Å². The Morgan fingerprint density at radius 2 is 1.62 bits per heavy atom. The van der Waals surface area contributed by atoms with Crippen LogP contribution >= 0.6 is 15.9 Å². The number of para-hydroxylation sites is 3. The van der Waals surface area contributed by atoms with Crippen molar-refractivity contribution in [1.82, 2.24) is 9.55 Å². The first kappa shape index (κ1) is 13.8. The van der Waals surface area contributed by atoms with Gasteiger partial charge in [-0.3, -0.25) is 4.57 Å². The zero-order valence-corrected chi connectivity index (χ0v) is 14.4. The van der Waals surface area contributed by atoms with Gasteiger partial charge in [0, 0.05) is 21.3 Å². The molecule has 116 valence electrons. The van der Waals surface area contributed by atoms with Crippen molar-refractivity contribution in [3.8, 4) is 11.4 Å². The molecule has 24 heavy (non-hydrogen) atoms. The van der Waals surface area contributed by atoms with Crippen LogP contribution in [0.4, 0.5) is 5.69 Å². The molecule has 3 nitrogen and oxygen atoms in total. The lowest BCUT2D eigenvalue weighted by atomic mass is 10.1. The van der Waals surface area contributed by atoms with Crippen LogP contribution in [0.5, 0.6) is 0 Å². The van der Waals surface area contributed by atoms with Crippen molar-refractivity contribution < 1.29 is 0 Å². The zero-order valence-electron chi connectivity index (χ0n) is 12.8. The van der Waals surface area contributed by atoms with E-state index in [1.165, 1.54) is 5.56 Å². The molecule has 5 rings (SSSR count). The van der Waals surface area contributed by atoms with Crippen LogP contribution in [0, 0.1) is 0 Å². The van der Waals surface area contributed by atoms with E-state index in [1.54, 1.807) is 0 Å². The highest BCUT2D eigenvalue weighted by Crippen LogP contribution is 2.41. The van der Waals surface area contributed by atoms with Gasteiger partial charge >= 0.3 is 0 Å². The van der Waals surface area contributed by atoms with Crippen molar-refractivity contribution in [2.24, 2.45) is 0 Å². The maximum atomic E-state index is 4.91. The van der Waals surface area contributed by atoms with Crippen molar-refractivity contribution >= 4 is 32.7 Å². The minimum Gasteiger partial charge on any atom is -0.360 e. The lowest BCUT2D eigenvalue weighted by molar-refractivity contribution is 0.666. The number of nitrogens with zero attached hydrogens (tertiary/aromatic N) is 2. The number of hydrogen-bond donors (Lipinski definition) is 1. The summed E-state index contributed by atoms with van der Waals surface area (Å²) >= 11 is 3.70. The van der Waals surface area contributed by atoms with E-state index in [4.69, 9.17) is 4.98 Å². The molecule has 0 saturated heterocycles. The maximum absolute atomic E-state index is 4.91. The number of nitrogens with one attached hydrogen (secondary N) is 1. The second-order valence-electron chi connectivity index (χ2n) is 5.91. The van der Waals surface area contributed by atoms with Gasteiger partial charge in [-0.25, -0.2) is 4.98 Å². The van der Waals surface area contributed by atoms with Gasteiger partial charge in [-0.1, -0.05) is 58.4 Å². The summed E-state index contributed by atoms with van der Waals surface area (Å²) in [5.41, 5.74) is 5.59. The second-order valence-corrected chi connectivity index (χ2v) is 6.76. The molecule has 0 fully saturated rings. The Morgan fingerprint density at radius 3 is 2.54 bits per heavy atom. The lowest BCUT2D eigenvalue weighted by Gasteiger charge is -2.30. The van der Waals surface area contributed by atoms with E-state index in [9.17, 15) is 0 Å². The number of hydrogen-bond acceptors (Lipinski definition) is 2. The molecular weight excluding hydrogens is 362 g/mol. The lowest BCUT2D eigenvalue weighted by Crippen LogP contribution is -2.25. The van der Waals surface area contributed by atoms with Gasteiger partial charge in [0.2, 0.25) is 0 Å². The summed E-state index contributed by atoms with van der Waals surface area (Å²) in [5.74, 6) is 1.01. The number of aromatic nitrogens is 2. The molecule has 3 aromatic carbocycles. The molecule has 1 atom stereocenters. The van der Waals surface area contributed by atoms with E-state index in [1.807, 2.05) is 12.1 Å². The van der Waals surface area contributed by atoms with Gasteiger partial charge in [-0.05, 0) is 30.3 Å². The number of imidazole rings is 1. The van der Waals surface area contributed by atoms with E-state index < -0.39 is 0 Å². The van der Waals surface area contributed by atoms with Crippen molar-refractivity contribution in [2.45, 2.75) is 6.17 Å². The fourth-order valence-corrected chi connectivity index (χ4v) is 3.93. The molecule has 0 unspecified atom stereocenters. The summed E-state index contributed by atoms with van der Waals surface area (Å²) in [4.78, 5) is 4.91. The number of anilines is 1. The van der Waals surface area contributed by atoms with E-state index in [0.29, 0.717) is 0 Å². The summed E-state index contributed by atoms with van der Waals surface area (Å²) in [6, 6.07) is 25.0. The normalized spacial score (nSPS) is 15.6. The van der Waals surface area contributed by atoms with E-state index in [0.717, 1.165) is 32.6 Å². The van der Waals surface area contributed by atoms with Crippen LogP contribution in [0.2, 0.25) is 0 Å². The highest BCUT2D eigenvalue weighted by molar-refractivity contribution is 9.10. The molecule has 0 spiro atoms. The monoisotopic (exact) mass is 375 g/mol. The molecular formula is C20H14BrN3. The molecule has 2 heterocycles. The maximum Gasteiger partial charge on any atom is 0.145 e. The average Bonchev–Trinajstić information content (AvgIpc) is 3.01. The summed E-state index contributed by atoms with van der Waals surface area (Å²) in [6.45, 7) is 0. The Kier molecular flexibility index (Phi) is 3.00. The smallest absolute Gasteiger partial charge is 0.145 e. The molecule has 4 aromatic rings. The van der Waals surface area contributed by atoms with E-state index >= 15 is 0 Å². The molecule has 0 saturated carbocycles. The van der Waals surface area contributed by atoms with Crippen LogP contribution in [0.15, 0.2) is 77.3 Å². The first-order chi connectivity index (χ1) is 11.8. The Morgan fingerprint density at radius 1 is 0.875 bits per heavy atom. The Hall–Kier alpha value is -2.59. The van der Waals surface area contributed by atoms with Crippen molar-refractivity contribution in [1.29, 1.82) is 0 Å². The summed E-state index contributed by atoms with van der Waals surface area (Å²) in [5, 5.41) is 3.68. The predicted molar refractivity (Wildman–Crippen MR) is 101 cm³/mol. The fraction of sp³-hybridized carbons (Fsp3) is 0.0500. The largest absolute Gasteiger partial charge is 0.360 e. The quantitative estimate of drug-likeness (QED) is 0.480. The Labute approximate surface area is 148 Å². The van der Waals surface area contributed by atoms with Gasteiger partial charge in [-0.15, -0.1) is 0 Å². The molecule has 0 aliphatic carbocycles. The van der Waals surface area contributed by atoms with Gasteiger partial charge in [0.1, 0.15) is 12.0 Å². The van der Waals surface area contributed by atoms with Gasteiger partial charge in [0.05, 0.1) is 11.0 Å². The standard InChI is InChI=1S/C20H14BrN3/c21-15-9-3-1-7-13(15)19-22-16-10-4-2-8-14(16)20-23-17-11-5-6-12-18(17)24(19)20/h1-12,19,22H/t19-/m1/s1. The fourth-order valence-electron chi connectivity index (χ4n) is 3.43. The van der Waals surface area contributed by atoms with Crippen molar-refractivity contribution in [3.63, 3.8) is 0 Å². The molecule has 1 aliphatic rings. The topological polar surface area (TPSA) is 29.9 Å². The SMILES string of the molecule is Brc1ccccc1[C@@H]1Nc2ccccc2-c2nc3ccccc3n21. The van der Waals surface area contributed by atoms with Gasteiger partial charge < -0.3 is 5.32 Å². The second kappa shape index (κ2) is 5.21. The minimum atomic E-state index is -0.00197. The molecule has 0 bridgehead atoms. The van der Waals surface area contributed by atoms with Crippen molar-refractivity contribution in [2.75, 3.05) is 5.32 Å². The average molecular weight is 376 g/mol.